The first-order chi connectivity index (χ1) is 4.88. The SMILES string of the molecule is CC(O)CC(CN)S(=O)(=O)O. The van der Waals surface area contributed by atoms with Crippen molar-refractivity contribution in [1.29, 1.82) is 0 Å². The van der Waals surface area contributed by atoms with Gasteiger partial charge in [0.25, 0.3) is 10.1 Å². The van der Waals surface area contributed by atoms with Crippen LogP contribution in [0.1, 0.15) is 13.3 Å². The first-order valence-electron chi connectivity index (χ1n) is 3.22. The standard InChI is InChI=1S/C5H13NO4S/c1-4(7)2-5(3-6)11(8,9)10/h4-5,7H,2-3,6H2,1H3,(H,8,9,10). The summed E-state index contributed by atoms with van der Waals surface area (Å²) in [6.07, 6.45) is -0.805. The Labute approximate surface area is 66.0 Å². The van der Waals surface area contributed by atoms with E-state index in [0.717, 1.165) is 0 Å². The minimum Gasteiger partial charge on any atom is -0.393 e. The lowest BCUT2D eigenvalue weighted by Crippen LogP contribution is -2.32. The molecule has 0 aromatic carbocycles. The highest BCUT2D eigenvalue weighted by atomic mass is 32.2. The Bertz CT molecular complexity index is 199. The highest BCUT2D eigenvalue weighted by Gasteiger charge is 2.22. The number of nitrogens with two attached hydrogens (primary N) is 1. The number of hydrogen-bond donors (Lipinski definition) is 3. The van der Waals surface area contributed by atoms with Crippen molar-refractivity contribution in [2.24, 2.45) is 5.73 Å². The molecule has 0 aromatic heterocycles. The summed E-state index contributed by atoms with van der Waals surface area (Å²) in [6.45, 7) is 1.26. The normalized spacial score (nSPS) is 17.8. The molecule has 0 saturated carbocycles. The van der Waals surface area contributed by atoms with Crippen molar-refractivity contribution in [2.45, 2.75) is 24.7 Å². The molecule has 11 heavy (non-hydrogen) atoms. The predicted octanol–water partition coefficient (Wildman–Crippen LogP) is -1.03. The molecule has 0 aliphatic carbocycles. The third-order valence-corrected chi connectivity index (χ3v) is 2.52. The van der Waals surface area contributed by atoms with Gasteiger partial charge in [-0.25, -0.2) is 0 Å². The highest BCUT2D eigenvalue weighted by molar-refractivity contribution is 7.86. The summed E-state index contributed by atoms with van der Waals surface area (Å²) in [5.74, 6) is 0. The summed E-state index contributed by atoms with van der Waals surface area (Å²) in [7, 11) is -4.10. The van der Waals surface area contributed by atoms with Crippen molar-refractivity contribution in [2.75, 3.05) is 6.54 Å². The van der Waals surface area contributed by atoms with Crippen molar-refractivity contribution in [3.05, 3.63) is 0 Å². The molecule has 0 amide bonds. The predicted molar refractivity (Wildman–Crippen MR) is 40.7 cm³/mol. The lowest BCUT2D eigenvalue weighted by Gasteiger charge is -2.12. The van der Waals surface area contributed by atoms with Crippen LogP contribution in [0.25, 0.3) is 0 Å². The number of aliphatic hydroxyl groups is 1. The second kappa shape index (κ2) is 4.01. The van der Waals surface area contributed by atoms with Gasteiger partial charge in [-0.05, 0) is 13.3 Å². The third kappa shape index (κ3) is 4.31. The molecule has 5 nitrogen and oxygen atoms in total. The van der Waals surface area contributed by atoms with Crippen LogP contribution < -0.4 is 5.73 Å². The monoisotopic (exact) mass is 183 g/mol. The molecule has 0 aliphatic heterocycles. The van der Waals surface area contributed by atoms with Gasteiger partial charge in [0, 0.05) is 6.54 Å². The summed E-state index contributed by atoms with van der Waals surface area (Å²) >= 11 is 0. The molecule has 0 radical (unpaired) electrons. The fourth-order valence-corrected chi connectivity index (χ4v) is 1.48. The van der Waals surface area contributed by atoms with Crippen LogP contribution >= 0.6 is 0 Å². The third-order valence-electron chi connectivity index (χ3n) is 1.29. The molecule has 0 heterocycles. The molecule has 0 spiro atoms. The molecular weight excluding hydrogens is 170 g/mol. The number of aliphatic hydroxyl groups excluding tert-OH is 1. The molecule has 0 saturated heterocycles. The zero-order chi connectivity index (χ0) is 9.07. The van der Waals surface area contributed by atoms with Crippen LogP contribution in [0, 0.1) is 0 Å². The first-order valence-corrected chi connectivity index (χ1v) is 4.72. The maximum absolute atomic E-state index is 10.5. The largest absolute Gasteiger partial charge is 0.393 e. The molecule has 0 bridgehead atoms. The van der Waals surface area contributed by atoms with E-state index in [1.54, 1.807) is 0 Å². The van der Waals surface area contributed by atoms with E-state index in [0.29, 0.717) is 0 Å². The van der Waals surface area contributed by atoms with E-state index in [-0.39, 0.29) is 13.0 Å². The van der Waals surface area contributed by atoms with Gasteiger partial charge in [0.15, 0.2) is 0 Å². The first kappa shape index (κ1) is 10.8. The van der Waals surface area contributed by atoms with Crippen molar-refractivity contribution in [3.8, 4) is 0 Å². The summed E-state index contributed by atoms with van der Waals surface area (Å²) in [4.78, 5) is 0. The molecule has 2 atom stereocenters. The molecule has 68 valence electrons. The summed E-state index contributed by atoms with van der Waals surface area (Å²) in [6, 6.07) is 0. The van der Waals surface area contributed by atoms with Gasteiger partial charge in [-0.1, -0.05) is 0 Å². The fraction of sp³-hybridized carbons (Fsp3) is 1.00. The lowest BCUT2D eigenvalue weighted by molar-refractivity contribution is 0.182. The van der Waals surface area contributed by atoms with Gasteiger partial charge in [-0.15, -0.1) is 0 Å². The smallest absolute Gasteiger partial charge is 0.269 e. The summed E-state index contributed by atoms with van der Waals surface area (Å²) < 4.78 is 29.4. The van der Waals surface area contributed by atoms with Crippen LogP contribution in [0.3, 0.4) is 0 Å². The molecule has 0 aliphatic rings. The van der Waals surface area contributed by atoms with Crippen LogP contribution in [0.5, 0.6) is 0 Å². The topological polar surface area (TPSA) is 101 Å². The van der Waals surface area contributed by atoms with Gasteiger partial charge in [0.1, 0.15) is 5.25 Å². The zero-order valence-corrected chi connectivity index (χ0v) is 7.08. The van der Waals surface area contributed by atoms with Crippen LogP contribution in [-0.4, -0.2) is 36.0 Å². The van der Waals surface area contributed by atoms with Crippen molar-refractivity contribution < 1.29 is 18.1 Å². The Morgan fingerprint density at radius 1 is 1.55 bits per heavy atom. The Balaban J connectivity index is 4.20. The Morgan fingerprint density at radius 2 is 2.00 bits per heavy atom. The highest BCUT2D eigenvalue weighted by Crippen LogP contribution is 2.05. The van der Waals surface area contributed by atoms with E-state index in [9.17, 15) is 8.42 Å². The van der Waals surface area contributed by atoms with Gasteiger partial charge in [-0.2, -0.15) is 8.42 Å². The van der Waals surface area contributed by atoms with Crippen LogP contribution in [0.2, 0.25) is 0 Å². The van der Waals surface area contributed by atoms with Gasteiger partial charge >= 0.3 is 0 Å². The van der Waals surface area contributed by atoms with E-state index >= 15 is 0 Å². The minimum absolute atomic E-state index is 0.0324. The van der Waals surface area contributed by atoms with Crippen molar-refractivity contribution in [1.82, 2.24) is 0 Å². The van der Waals surface area contributed by atoms with Crippen molar-refractivity contribution >= 4 is 10.1 Å². The van der Waals surface area contributed by atoms with E-state index in [1.807, 2.05) is 0 Å². The number of hydrogen-bond acceptors (Lipinski definition) is 4. The van der Waals surface area contributed by atoms with Gasteiger partial charge in [0.2, 0.25) is 0 Å². The molecule has 6 heteroatoms. The lowest BCUT2D eigenvalue weighted by atomic mass is 10.2. The van der Waals surface area contributed by atoms with E-state index in [2.05, 4.69) is 0 Å². The molecule has 0 fully saturated rings. The minimum atomic E-state index is -4.10. The molecular formula is C5H13NO4S. The van der Waals surface area contributed by atoms with Gasteiger partial charge in [-0.3, -0.25) is 4.55 Å². The summed E-state index contributed by atoms with van der Waals surface area (Å²) in [5, 5.41) is 7.73. The van der Waals surface area contributed by atoms with E-state index in [4.69, 9.17) is 15.4 Å². The maximum atomic E-state index is 10.5. The van der Waals surface area contributed by atoms with Crippen molar-refractivity contribution in [3.63, 3.8) is 0 Å². The molecule has 0 aromatic rings. The fourth-order valence-electron chi connectivity index (χ4n) is 0.720. The maximum Gasteiger partial charge on any atom is 0.269 e. The van der Waals surface area contributed by atoms with E-state index in [1.165, 1.54) is 6.92 Å². The van der Waals surface area contributed by atoms with Gasteiger partial charge < -0.3 is 10.8 Å². The second-order valence-electron chi connectivity index (χ2n) is 2.46. The Hall–Kier alpha value is -0.170. The average Bonchev–Trinajstić information content (AvgIpc) is 1.79. The zero-order valence-electron chi connectivity index (χ0n) is 6.27. The quantitative estimate of drug-likeness (QED) is 0.484. The average molecular weight is 183 g/mol. The van der Waals surface area contributed by atoms with Crippen LogP contribution in [-0.2, 0) is 10.1 Å². The second-order valence-corrected chi connectivity index (χ2v) is 4.15. The van der Waals surface area contributed by atoms with Crippen LogP contribution in [0.15, 0.2) is 0 Å². The Kier molecular flexibility index (Phi) is 3.95. The molecule has 2 unspecified atom stereocenters. The van der Waals surface area contributed by atoms with E-state index < -0.39 is 21.5 Å². The van der Waals surface area contributed by atoms with Gasteiger partial charge in [0.05, 0.1) is 6.10 Å². The molecule has 4 N–H and O–H groups in total. The number of rotatable bonds is 4. The van der Waals surface area contributed by atoms with Crippen LogP contribution in [0.4, 0.5) is 0 Å². The molecule has 0 rings (SSSR count). The summed E-state index contributed by atoms with van der Waals surface area (Å²) in [5.41, 5.74) is 5.06. The Morgan fingerprint density at radius 3 is 2.09 bits per heavy atom.